The van der Waals surface area contributed by atoms with Crippen LogP contribution >= 0.6 is 15.9 Å². The molecule has 1 fully saturated rings. The molecule has 2 N–H and O–H groups in total. The summed E-state index contributed by atoms with van der Waals surface area (Å²) in [6, 6.07) is 7.87. The number of ketones is 1. The van der Waals surface area contributed by atoms with Crippen LogP contribution < -0.4 is 10.6 Å². The lowest BCUT2D eigenvalue weighted by atomic mass is 9.79. The Morgan fingerprint density at radius 2 is 1.64 bits per heavy atom. The zero-order valence-corrected chi connectivity index (χ0v) is 17.2. The fourth-order valence-electron chi connectivity index (χ4n) is 3.90. The van der Waals surface area contributed by atoms with E-state index in [0.717, 1.165) is 22.9 Å². The molecule has 1 aliphatic rings. The monoisotopic (exact) mass is 408 g/mol. The summed E-state index contributed by atoms with van der Waals surface area (Å²) in [6.45, 7) is 8.65. The smallest absolute Gasteiger partial charge is 0.220 e. The number of rotatable bonds is 6. The molecule has 0 atom stereocenters. The molecule has 1 heterocycles. The maximum Gasteiger partial charge on any atom is 0.220 e. The number of Topliss-reactive ketones (excluding diaryl/α,β-unsaturated/α-hetero) is 1. The first-order valence-electron chi connectivity index (χ1n) is 8.90. The number of hydrogen-bond acceptors (Lipinski definition) is 3. The number of amides is 1. The summed E-state index contributed by atoms with van der Waals surface area (Å²) in [5.74, 6) is 0.0751. The molecule has 0 unspecified atom stereocenters. The lowest BCUT2D eigenvalue weighted by Gasteiger charge is -2.46. The Morgan fingerprint density at radius 3 is 2.20 bits per heavy atom. The second-order valence-corrected chi connectivity index (χ2v) is 9.32. The van der Waals surface area contributed by atoms with Gasteiger partial charge in [-0.3, -0.25) is 9.59 Å². The van der Waals surface area contributed by atoms with Gasteiger partial charge in [-0.15, -0.1) is 0 Å². The summed E-state index contributed by atoms with van der Waals surface area (Å²) < 4.78 is 0.996. The zero-order valence-electron chi connectivity index (χ0n) is 15.6. The van der Waals surface area contributed by atoms with Gasteiger partial charge in [0.2, 0.25) is 5.91 Å². The van der Waals surface area contributed by atoms with Crippen molar-refractivity contribution in [3.8, 4) is 0 Å². The Labute approximate surface area is 159 Å². The van der Waals surface area contributed by atoms with Crippen molar-refractivity contribution in [3.05, 3.63) is 34.3 Å². The van der Waals surface area contributed by atoms with E-state index >= 15 is 0 Å². The van der Waals surface area contributed by atoms with Crippen LogP contribution in [0.1, 0.15) is 58.9 Å². The summed E-state index contributed by atoms with van der Waals surface area (Å²) in [5, 5.41) is 6.73. The normalized spacial score (nSPS) is 19.4. The number of hydrogen-bond donors (Lipinski definition) is 2. The topological polar surface area (TPSA) is 58.2 Å². The van der Waals surface area contributed by atoms with Crippen LogP contribution in [0, 0.1) is 0 Å². The van der Waals surface area contributed by atoms with Crippen molar-refractivity contribution in [1.29, 1.82) is 0 Å². The SMILES string of the molecule is CC1(C)CC(NC(=O)CCC(=O)Cc2ccc(Br)cc2)CC(C)(C)N1. The number of halogens is 1. The number of carbonyl (C=O) groups excluding carboxylic acids is 2. The van der Waals surface area contributed by atoms with Crippen LogP contribution in [0.4, 0.5) is 0 Å². The molecular formula is C20H29BrN2O2. The molecule has 1 aromatic rings. The van der Waals surface area contributed by atoms with Crippen LogP contribution in [-0.4, -0.2) is 28.8 Å². The van der Waals surface area contributed by atoms with E-state index in [1.54, 1.807) is 0 Å². The molecule has 0 bridgehead atoms. The molecular weight excluding hydrogens is 380 g/mol. The van der Waals surface area contributed by atoms with E-state index in [1.165, 1.54) is 0 Å². The zero-order chi connectivity index (χ0) is 18.7. The lowest BCUT2D eigenvalue weighted by Crippen LogP contribution is -2.62. The molecule has 1 aliphatic heterocycles. The Bertz CT molecular complexity index is 607. The predicted molar refractivity (Wildman–Crippen MR) is 105 cm³/mol. The highest BCUT2D eigenvalue weighted by Gasteiger charge is 2.38. The average Bonchev–Trinajstić information content (AvgIpc) is 2.44. The Hall–Kier alpha value is -1.20. The fraction of sp³-hybridized carbons (Fsp3) is 0.600. The standard InChI is InChI=1S/C20H29BrN2O2/c1-19(2)12-16(13-20(3,4)23-19)22-18(25)10-9-17(24)11-14-5-7-15(21)8-6-14/h5-8,16,23H,9-13H2,1-4H3,(H,22,25). The summed E-state index contributed by atoms with van der Waals surface area (Å²) in [7, 11) is 0. The van der Waals surface area contributed by atoms with E-state index in [9.17, 15) is 9.59 Å². The van der Waals surface area contributed by atoms with Gasteiger partial charge in [-0.1, -0.05) is 28.1 Å². The van der Waals surface area contributed by atoms with Crippen molar-refractivity contribution < 1.29 is 9.59 Å². The van der Waals surface area contributed by atoms with Crippen molar-refractivity contribution in [3.63, 3.8) is 0 Å². The number of carbonyl (C=O) groups is 2. The third kappa shape index (κ3) is 6.90. The summed E-state index contributed by atoms with van der Waals surface area (Å²) in [6.07, 6.45) is 2.73. The highest BCUT2D eigenvalue weighted by molar-refractivity contribution is 9.10. The minimum Gasteiger partial charge on any atom is -0.353 e. The van der Waals surface area contributed by atoms with E-state index < -0.39 is 0 Å². The maximum atomic E-state index is 12.2. The van der Waals surface area contributed by atoms with Crippen molar-refractivity contribution >= 4 is 27.6 Å². The summed E-state index contributed by atoms with van der Waals surface area (Å²) >= 11 is 3.38. The van der Waals surface area contributed by atoms with E-state index in [-0.39, 0.29) is 35.2 Å². The summed E-state index contributed by atoms with van der Waals surface area (Å²) in [5.41, 5.74) is 0.976. The molecule has 0 saturated carbocycles. The van der Waals surface area contributed by atoms with Gasteiger partial charge in [0.25, 0.3) is 0 Å². The van der Waals surface area contributed by atoms with Gasteiger partial charge in [0.05, 0.1) is 0 Å². The largest absolute Gasteiger partial charge is 0.353 e. The Balaban J connectivity index is 1.78. The number of piperidine rings is 1. The van der Waals surface area contributed by atoms with Crippen LogP contribution in [0.25, 0.3) is 0 Å². The van der Waals surface area contributed by atoms with Crippen molar-refractivity contribution in [2.24, 2.45) is 0 Å². The third-order valence-corrected chi connectivity index (χ3v) is 5.03. The van der Waals surface area contributed by atoms with Crippen molar-refractivity contribution in [2.45, 2.75) is 76.9 Å². The van der Waals surface area contributed by atoms with Gasteiger partial charge in [-0.25, -0.2) is 0 Å². The maximum absolute atomic E-state index is 12.2. The first-order chi connectivity index (χ1) is 11.5. The minimum atomic E-state index is -0.0253. The molecule has 0 spiro atoms. The van der Waals surface area contributed by atoms with E-state index in [0.29, 0.717) is 12.8 Å². The minimum absolute atomic E-state index is 0.00288. The molecule has 1 aromatic carbocycles. The van der Waals surface area contributed by atoms with Crippen LogP contribution in [0.2, 0.25) is 0 Å². The molecule has 1 saturated heterocycles. The van der Waals surface area contributed by atoms with Gasteiger partial charge in [0.1, 0.15) is 5.78 Å². The number of benzene rings is 1. The molecule has 0 radical (unpaired) electrons. The first kappa shape index (κ1) is 20.1. The van der Waals surface area contributed by atoms with E-state index in [1.807, 2.05) is 24.3 Å². The lowest BCUT2D eigenvalue weighted by molar-refractivity contribution is -0.126. The molecule has 25 heavy (non-hydrogen) atoms. The van der Waals surface area contributed by atoms with Crippen LogP contribution in [-0.2, 0) is 16.0 Å². The summed E-state index contributed by atoms with van der Waals surface area (Å²) in [4.78, 5) is 24.3. The number of nitrogens with one attached hydrogen (secondary N) is 2. The van der Waals surface area contributed by atoms with E-state index in [2.05, 4.69) is 54.3 Å². The predicted octanol–water partition coefficient (Wildman–Crippen LogP) is 3.77. The van der Waals surface area contributed by atoms with Crippen molar-refractivity contribution in [2.75, 3.05) is 0 Å². The molecule has 138 valence electrons. The van der Waals surface area contributed by atoms with Gasteiger partial charge in [0, 0.05) is 40.9 Å². The molecule has 2 rings (SSSR count). The highest BCUT2D eigenvalue weighted by atomic mass is 79.9. The third-order valence-electron chi connectivity index (χ3n) is 4.50. The Kier molecular flexibility index (Phi) is 6.44. The molecule has 1 amide bonds. The quantitative estimate of drug-likeness (QED) is 0.752. The van der Waals surface area contributed by atoms with Crippen LogP contribution in [0.5, 0.6) is 0 Å². The van der Waals surface area contributed by atoms with Crippen molar-refractivity contribution in [1.82, 2.24) is 10.6 Å². The van der Waals surface area contributed by atoms with Gasteiger partial charge < -0.3 is 10.6 Å². The second kappa shape index (κ2) is 8.00. The van der Waals surface area contributed by atoms with Gasteiger partial charge in [0.15, 0.2) is 0 Å². The van der Waals surface area contributed by atoms with Crippen LogP contribution in [0.15, 0.2) is 28.7 Å². The fourth-order valence-corrected chi connectivity index (χ4v) is 4.16. The molecule has 0 aromatic heterocycles. The first-order valence-corrected chi connectivity index (χ1v) is 9.69. The molecule has 4 nitrogen and oxygen atoms in total. The highest BCUT2D eigenvalue weighted by Crippen LogP contribution is 2.28. The van der Waals surface area contributed by atoms with E-state index in [4.69, 9.17) is 0 Å². The molecule has 0 aliphatic carbocycles. The van der Waals surface area contributed by atoms with Crippen LogP contribution in [0.3, 0.4) is 0 Å². The van der Waals surface area contributed by atoms with Gasteiger partial charge >= 0.3 is 0 Å². The van der Waals surface area contributed by atoms with Gasteiger partial charge in [-0.2, -0.15) is 0 Å². The average molecular weight is 409 g/mol. The van der Waals surface area contributed by atoms with Gasteiger partial charge in [-0.05, 0) is 58.2 Å². The Morgan fingerprint density at radius 1 is 1.08 bits per heavy atom. The molecule has 5 heteroatoms. The second-order valence-electron chi connectivity index (χ2n) is 8.41.